The summed E-state index contributed by atoms with van der Waals surface area (Å²) in [7, 11) is 0. The van der Waals surface area contributed by atoms with E-state index in [4.69, 9.17) is 11.6 Å². The van der Waals surface area contributed by atoms with Crippen LogP contribution < -0.4 is 0 Å². The second-order valence-corrected chi connectivity index (χ2v) is 4.15. The van der Waals surface area contributed by atoms with Crippen LogP contribution >= 0.6 is 11.6 Å². The minimum Gasteiger partial charge on any atom is -0.297 e. The summed E-state index contributed by atoms with van der Waals surface area (Å²) in [6.45, 7) is 2.42. The summed E-state index contributed by atoms with van der Waals surface area (Å²) in [4.78, 5) is 0. The Balaban J connectivity index is 2.29. The molecule has 2 rings (SSSR count). The van der Waals surface area contributed by atoms with Gasteiger partial charge in [-0.2, -0.15) is 0 Å². The van der Waals surface area contributed by atoms with Crippen LogP contribution in [0, 0.1) is 5.82 Å². The number of nitrogens with zero attached hydrogens (tertiary/aromatic N) is 3. The van der Waals surface area contributed by atoms with Crippen molar-refractivity contribution in [2.45, 2.75) is 26.3 Å². The Hall–Kier alpha value is -1.42. The molecule has 0 bridgehead atoms. The molecule has 0 radical (unpaired) electrons. The summed E-state index contributed by atoms with van der Waals surface area (Å²) >= 11 is 5.95. The van der Waals surface area contributed by atoms with Gasteiger partial charge in [0.1, 0.15) is 11.6 Å². The maximum atomic E-state index is 13.5. The number of rotatable bonds is 4. The van der Waals surface area contributed by atoms with Crippen LogP contribution in [-0.4, -0.2) is 14.8 Å². The van der Waals surface area contributed by atoms with Gasteiger partial charge in [0, 0.05) is 12.0 Å². The molecule has 1 aromatic heterocycles. The van der Waals surface area contributed by atoms with E-state index in [1.807, 2.05) is 0 Å². The molecule has 1 heterocycles. The van der Waals surface area contributed by atoms with E-state index in [0.717, 1.165) is 18.7 Å². The zero-order chi connectivity index (χ0) is 12.3. The molecule has 0 amide bonds. The second-order valence-electron chi connectivity index (χ2n) is 3.81. The third-order valence-corrected chi connectivity index (χ3v) is 2.82. The summed E-state index contributed by atoms with van der Waals surface area (Å²) in [6, 6.07) is 6.64. The molecule has 0 aliphatic heterocycles. The lowest BCUT2D eigenvalue weighted by atomic mass is 10.2. The highest BCUT2D eigenvalue weighted by molar-refractivity contribution is 6.28. The molecule has 0 unspecified atom stereocenters. The molecule has 0 saturated carbocycles. The highest BCUT2D eigenvalue weighted by Crippen LogP contribution is 2.15. The smallest absolute Gasteiger partial charge is 0.225 e. The van der Waals surface area contributed by atoms with Gasteiger partial charge in [-0.1, -0.05) is 25.1 Å². The zero-order valence-electron chi connectivity index (χ0n) is 9.53. The van der Waals surface area contributed by atoms with Crippen molar-refractivity contribution in [3.63, 3.8) is 0 Å². The van der Waals surface area contributed by atoms with Crippen molar-refractivity contribution in [3.05, 3.63) is 46.8 Å². The van der Waals surface area contributed by atoms with Crippen molar-refractivity contribution in [1.29, 1.82) is 0 Å². The average Bonchev–Trinajstić information content (AvgIpc) is 2.65. The van der Waals surface area contributed by atoms with Crippen molar-refractivity contribution in [2.24, 2.45) is 0 Å². The van der Waals surface area contributed by atoms with Crippen molar-refractivity contribution in [3.8, 4) is 0 Å². The largest absolute Gasteiger partial charge is 0.297 e. The van der Waals surface area contributed by atoms with Crippen molar-refractivity contribution in [1.82, 2.24) is 14.8 Å². The van der Waals surface area contributed by atoms with Crippen LogP contribution in [0.2, 0.25) is 5.28 Å². The van der Waals surface area contributed by atoms with Gasteiger partial charge in [0.05, 0.1) is 6.54 Å². The van der Waals surface area contributed by atoms with Gasteiger partial charge in [-0.05, 0) is 24.1 Å². The predicted octanol–water partition coefficient (Wildman–Crippen LogP) is 3.07. The zero-order valence-corrected chi connectivity index (χ0v) is 10.3. The van der Waals surface area contributed by atoms with Crippen LogP contribution in [0.3, 0.4) is 0 Å². The summed E-state index contributed by atoms with van der Waals surface area (Å²) in [5.41, 5.74) is 0.589. The van der Waals surface area contributed by atoms with Crippen LogP contribution in [-0.2, 0) is 13.0 Å². The molecule has 0 aliphatic carbocycles. The molecule has 0 saturated heterocycles. The van der Waals surface area contributed by atoms with E-state index in [1.165, 1.54) is 6.07 Å². The summed E-state index contributed by atoms with van der Waals surface area (Å²) in [5.74, 6) is 0.556. The SMILES string of the molecule is CCCc1nnc(Cl)n1Cc1ccccc1F. The molecule has 3 nitrogen and oxygen atoms in total. The monoisotopic (exact) mass is 253 g/mol. The van der Waals surface area contributed by atoms with Crippen LogP contribution in [0.5, 0.6) is 0 Å². The molecule has 0 spiro atoms. The van der Waals surface area contributed by atoms with Crippen LogP contribution in [0.1, 0.15) is 24.7 Å². The number of aryl methyl sites for hydroxylation is 1. The average molecular weight is 254 g/mol. The van der Waals surface area contributed by atoms with Crippen molar-refractivity contribution in [2.75, 3.05) is 0 Å². The Bertz CT molecular complexity index is 510. The number of hydrogen-bond acceptors (Lipinski definition) is 2. The lowest BCUT2D eigenvalue weighted by molar-refractivity contribution is 0.593. The van der Waals surface area contributed by atoms with Gasteiger partial charge in [-0.3, -0.25) is 4.57 Å². The molecule has 5 heteroatoms. The number of benzene rings is 1. The van der Waals surface area contributed by atoms with E-state index in [-0.39, 0.29) is 5.82 Å². The highest BCUT2D eigenvalue weighted by atomic mass is 35.5. The van der Waals surface area contributed by atoms with E-state index in [9.17, 15) is 4.39 Å². The van der Waals surface area contributed by atoms with Gasteiger partial charge in [-0.25, -0.2) is 4.39 Å². The standard InChI is InChI=1S/C12H13ClFN3/c1-2-5-11-15-16-12(13)17(11)8-9-6-3-4-7-10(9)14/h3-4,6-7H,2,5,8H2,1H3. The summed E-state index contributed by atoms with van der Waals surface area (Å²) in [5, 5.41) is 8.11. The highest BCUT2D eigenvalue weighted by Gasteiger charge is 2.11. The molecule has 0 aliphatic rings. The lowest BCUT2D eigenvalue weighted by Gasteiger charge is -2.07. The summed E-state index contributed by atoms with van der Waals surface area (Å²) < 4.78 is 15.3. The first kappa shape index (κ1) is 12.0. The van der Waals surface area contributed by atoms with Gasteiger partial charge in [0.2, 0.25) is 5.28 Å². The van der Waals surface area contributed by atoms with E-state index in [2.05, 4.69) is 17.1 Å². The fraction of sp³-hybridized carbons (Fsp3) is 0.333. The number of halogens is 2. The van der Waals surface area contributed by atoms with Crippen molar-refractivity contribution < 1.29 is 4.39 Å². The van der Waals surface area contributed by atoms with Gasteiger partial charge in [0.15, 0.2) is 0 Å². The second kappa shape index (κ2) is 5.27. The topological polar surface area (TPSA) is 30.7 Å². The van der Waals surface area contributed by atoms with E-state index < -0.39 is 0 Å². The molecule has 2 aromatic rings. The predicted molar refractivity (Wildman–Crippen MR) is 64.5 cm³/mol. The Labute approximate surface area is 104 Å². The van der Waals surface area contributed by atoms with E-state index >= 15 is 0 Å². The van der Waals surface area contributed by atoms with Crippen LogP contribution in [0.4, 0.5) is 4.39 Å². The maximum Gasteiger partial charge on any atom is 0.225 e. The summed E-state index contributed by atoms with van der Waals surface area (Å²) in [6.07, 6.45) is 1.74. The quantitative estimate of drug-likeness (QED) is 0.838. The molecule has 1 aromatic carbocycles. The minimum atomic E-state index is -0.236. The molecular weight excluding hydrogens is 241 g/mol. The van der Waals surface area contributed by atoms with Crippen LogP contribution in [0.15, 0.2) is 24.3 Å². The van der Waals surface area contributed by atoms with Crippen LogP contribution in [0.25, 0.3) is 0 Å². The van der Waals surface area contributed by atoms with Gasteiger partial charge in [-0.15, -0.1) is 10.2 Å². The molecule has 0 N–H and O–H groups in total. The fourth-order valence-corrected chi connectivity index (χ4v) is 1.87. The Morgan fingerprint density at radius 3 is 2.76 bits per heavy atom. The maximum absolute atomic E-state index is 13.5. The molecule has 17 heavy (non-hydrogen) atoms. The Kier molecular flexibility index (Phi) is 3.74. The first-order valence-corrected chi connectivity index (χ1v) is 5.91. The first-order valence-electron chi connectivity index (χ1n) is 5.53. The number of hydrogen-bond donors (Lipinski definition) is 0. The van der Waals surface area contributed by atoms with Gasteiger partial charge < -0.3 is 0 Å². The molecular formula is C12H13ClFN3. The molecule has 0 fully saturated rings. The van der Waals surface area contributed by atoms with Crippen molar-refractivity contribution >= 4 is 11.6 Å². The lowest BCUT2D eigenvalue weighted by Crippen LogP contribution is -2.06. The normalized spacial score (nSPS) is 10.8. The van der Waals surface area contributed by atoms with E-state index in [1.54, 1.807) is 22.8 Å². The third-order valence-electron chi connectivity index (χ3n) is 2.54. The third kappa shape index (κ3) is 2.64. The minimum absolute atomic E-state index is 0.236. The fourth-order valence-electron chi connectivity index (χ4n) is 1.68. The first-order chi connectivity index (χ1) is 8.22. The Morgan fingerprint density at radius 2 is 2.06 bits per heavy atom. The van der Waals surface area contributed by atoms with E-state index in [0.29, 0.717) is 17.4 Å². The number of aromatic nitrogens is 3. The molecule has 90 valence electrons. The Morgan fingerprint density at radius 1 is 1.29 bits per heavy atom. The molecule has 0 atom stereocenters. The van der Waals surface area contributed by atoms with Gasteiger partial charge >= 0.3 is 0 Å². The van der Waals surface area contributed by atoms with Gasteiger partial charge in [0.25, 0.3) is 0 Å².